The van der Waals surface area contributed by atoms with Gasteiger partial charge in [-0.1, -0.05) is 36.9 Å². The molecule has 19 heavy (non-hydrogen) atoms. The molecule has 0 spiro atoms. The third-order valence-corrected chi connectivity index (χ3v) is 3.90. The summed E-state index contributed by atoms with van der Waals surface area (Å²) in [5.41, 5.74) is 5.80. The van der Waals surface area contributed by atoms with Gasteiger partial charge in [-0.15, -0.1) is 0 Å². The summed E-state index contributed by atoms with van der Waals surface area (Å²) >= 11 is 1.47. The average molecular weight is 282 g/mol. The smallest absolute Gasteiger partial charge is 0.154 e. The van der Waals surface area contributed by atoms with E-state index in [-0.39, 0.29) is 11.9 Å². The Labute approximate surface area is 117 Å². The number of thioether (sulfide) groups is 1. The zero-order valence-electron chi connectivity index (χ0n) is 11.2. The highest BCUT2D eigenvalue weighted by atomic mass is 32.2. The molecule has 0 unspecified atom stereocenters. The summed E-state index contributed by atoms with van der Waals surface area (Å²) in [6.45, 7) is 4.36. The fourth-order valence-electron chi connectivity index (χ4n) is 2.43. The van der Waals surface area contributed by atoms with Crippen molar-refractivity contribution in [1.29, 1.82) is 0 Å². The van der Waals surface area contributed by atoms with Crippen LogP contribution in [-0.2, 0) is 10.3 Å². The Morgan fingerprint density at radius 1 is 1.58 bits per heavy atom. The van der Waals surface area contributed by atoms with Crippen molar-refractivity contribution in [3.8, 4) is 0 Å². The lowest BCUT2D eigenvalue weighted by Crippen LogP contribution is -2.29. The van der Waals surface area contributed by atoms with E-state index in [9.17, 15) is 4.39 Å². The molecule has 1 aliphatic rings. The van der Waals surface area contributed by atoms with Gasteiger partial charge in [0.1, 0.15) is 11.4 Å². The molecule has 1 heterocycles. The third kappa shape index (κ3) is 3.09. The van der Waals surface area contributed by atoms with Crippen molar-refractivity contribution in [3.63, 3.8) is 0 Å². The summed E-state index contributed by atoms with van der Waals surface area (Å²) in [5, 5.41) is 0.489. The first kappa shape index (κ1) is 14.3. The molecule has 5 heteroatoms. The highest BCUT2D eigenvalue weighted by Crippen LogP contribution is 2.39. The molecule has 0 aromatic heterocycles. The van der Waals surface area contributed by atoms with Crippen LogP contribution in [0.15, 0.2) is 29.3 Å². The number of benzene rings is 1. The van der Waals surface area contributed by atoms with Crippen molar-refractivity contribution in [2.75, 3.05) is 12.4 Å². The van der Waals surface area contributed by atoms with Crippen LogP contribution in [-0.4, -0.2) is 23.6 Å². The van der Waals surface area contributed by atoms with Gasteiger partial charge in [0.15, 0.2) is 5.17 Å². The average Bonchev–Trinajstić information content (AvgIpc) is 2.72. The van der Waals surface area contributed by atoms with Gasteiger partial charge in [0, 0.05) is 12.0 Å². The molecule has 3 nitrogen and oxygen atoms in total. The van der Waals surface area contributed by atoms with Crippen LogP contribution >= 0.6 is 11.8 Å². The monoisotopic (exact) mass is 282 g/mol. The molecule has 0 aliphatic carbocycles. The Balaban J connectivity index is 2.42. The van der Waals surface area contributed by atoms with Crippen molar-refractivity contribution >= 4 is 16.9 Å². The van der Waals surface area contributed by atoms with E-state index in [1.165, 1.54) is 17.8 Å². The fraction of sp³-hybridized carbons (Fsp3) is 0.500. The van der Waals surface area contributed by atoms with E-state index >= 15 is 0 Å². The molecule has 1 aromatic rings. The second kappa shape index (κ2) is 5.92. The van der Waals surface area contributed by atoms with Gasteiger partial charge in [0.2, 0.25) is 0 Å². The van der Waals surface area contributed by atoms with Crippen LogP contribution < -0.4 is 5.73 Å². The normalized spacial score (nSPS) is 27.7. The standard InChI is InChI=1S/C14H19FN2OS/c1-3-19-13(16)17-14(8-10(2)18-9-14)11-6-4-5-7-12(11)15/h4-7,10H,3,8-9H2,1-2H3,(H2,16,17)/t10-,14-/m1/s1. The van der Waals surface area contributed by atoms with Gasteiger partial charge in [-0.3, -0.25) is 0 Å². The van der Waals surface area contributed by atoms with E-state index in [1.54, 1.807) is 12.1 Å². The second-order valence-electron chi connectivity index (χ2n) is 4.72. The Kier molecular flexibility index (Phi) is 4.47. The van der Waals surface area contributed by atoms with Crippen LogP contribution in [0, 0.1) is 5.82 Å². The Hall–Kier alpha value is -1.07. The second-order valence-corrected chi connectivity index (χ2v) is 6.00. The molecule has 1 aromatic carbocycles. The molecular formula is C14H19FN2OS. The lowest BCUT2D eigenvalue weighted by Gasteiger charge is -2.24. The largest absolute Gasteiger partial charge is 0.379 e. The number of hydrogen-bond donors (Lipinski definition) is 1. The number of aliphatic imine (C=N–C) groups is 1. The highest BCUT2D eigenvalue weighted by Gasteiger charge is 2.42. The van der Waals surface area contributed by atoms with Crippen LogP contribution in [0.25, 0.3) is 0 Å². The van der Waals surface area contributed by atoms with Crippen molar-refractivity contribution in [2.45, 2.75) is 31.9 Å². The van der Waals surface area contributed by atoms with Gasteiger partial charge < -0.3 is 10.5 Å². The Morgan fingerprint density at radius 3 is 2.89 bits per heavy atom. The summed E-state index contributed by atoms with van der Waals surface area (Å²) in [6, 6.07) is 6.73. The van der Waals surface area contributed by atoms with E-state index in [4.69, 9.17) is 10.5 Å². The number of amidine groups is 1. The lowest BCUT2D eigenvalue weighted by molar-refractivity contribution is 0.117. The van der Waals surface area contributed by atoms with Crippen LogP contribution in [0.1, 0.15) is 25.8 Å². The third-order valence-electron chi connectivity index (χ3n) is 3.22. The van der Waals surface area contributed by atoms with E-state index in [2.05, 4.69) is 4.99 Å². The maximum atomic E-state index is 14.1. The zero-order valence-corrected chi connectivity index (χ0v) is 12.0. The maximum absolute atomic E-state index is 14.1. The molecule has 2 atom stereocenters. The van der Waals surface area contributed by atoms with Crippen molar-refractivity contribution in [1.82, 2.24) is 0 Å². The molecule has 1 aliphatic heterocycles. The van der Waals surface area contributed by atoms with Gasteiger partial charge in [-0.05, 0) is 18.7 Å². The molecule has 0 bridgehead atoms. The number of halogens is 1. The number of hydrogen-bond acceptors (Lipinski definition) is 3. The molecule has 104 valence electrons. The van der Waals surface area contributed by atoms with Gasteiger partial charge >= 0.3 is 0 Å². The highest BCUT2D eigenvalue weighted by molar-refractivity contribution is 8.13. The van der Waals surface area contributed by atoms with Gasteiger partial charge in [-0.25, -0.2) is 9.38 Å². The quantitative estimate of drug-likeness (QED) is 0.685. The molecule has 2 N–H and O–H groups in total. The van der Waals surface area contributed by atoms with Crippen LogP contribution in [0.4, 0.5) is 4.39 Å². The summed E-state index contributed by atoms with van der Waals surface area (Å²) in [5.74, 6) is 0.595. The number of nitrogens with zero attached hydrogens (tertiary/aromatic N) is 1. The number of nitrogens with two attached hydrogens (primary N) is 1. The Bertz CT molecular complexity index is 480. The van der Waals surface area contributed by atoms with E-state index < -0.39 is 5.54 Å². The van der Waals surface area contributed by atoms with Crippen LogP contribution in [0.3, 0.4) is 0 Å². The molecule has 0 saturated carbocycles. The van der Waals surface area contributed by atoms with E-state index in [0.717, 1.165) is 5.75 Å². The molecule has 1 fully saturated rings. The van der Waals surface area contributed by atoms with Gasteiger partial charge in [0.25, 0.3) is 0 Å². The van der Waals surface area contributed by atoms with Crippen molar-refractivity contribution in [3.05, 3.63) is 35.6 Å². The fourth-order valence-corrected chi connectivity index (χ4v) is 2.96. The SMILES string of the molecule is CCS/C(N)=N\[C@@]1(c2ccccc2F)CO[C@H](C)C1. The summed E-state index contributed by atoms with van der Waals surface area (Å²) < 4.78 is 19.7. The first-order valence-corrected chi connectivity index (χ1v) is 7.40. The van der Waals surface area contributed by atoms with Crippen LogP contribution in [0.2, 0.25) is 0 Å². The summed E-state index contributed by atoms with van der Waals surface area (Å²) in [4.78, 5) is 4.57. The van der Waals surface area contributed by atoms with Crippen molar-refractivity contribution in [2.24, 2.45) is 10.7 Å². The minimum Gasteiger partial charge on any atom is -0.379 e. The number of rotatable bonds is 3. The predicted molar refractivity (Wildman–Crippen MR) is 77.9 cm³/mol. The topological polar surface area (TPSA) is 47.6 Å². The molecule has 1 saturated heterocycles. The van der Waals surface area contributed by atoms with Crippen LogP contribution in [0.5, 0.6) is 0 Å². The van der Waals surface area contributed by atoms with E-state index in [1.807, 2.05) is 19.9 Å². The molecule has 0 amide bonds. The molecular weight excluding hydrogens is 263 g/mol. The zero-order chi connectivity index (χ0) is 13.9. The molecule has 2 rings (SSSR count). The first-order valence-electron chi connectivity index (χ1n) is 6.42. The van der Waals surface area contributed by atoms with Gasteiger partial charge in [-0.2, -0.15) is 0 Å². The molecule has 0 radical (unpaired) electrons. The maximum Gasteiger partial charge on any atom is 0.154 e. The first-order chi connectivity index (χ1) is 9.07. The minimum atomic E-state index is -0.684. The van der Waals surface area contributed by atoms with Crippen molar-refractivity contribution < 1.29 is 9.13 Å². The lowest BCUT2D eigenvalue weighted by atomic mass is 9.88. The summed E-state index contributed by atoms with van der Waals surface area (Å²) in [6.07, 6.45) is 0.710. The predicted octanol–water partition coefficient (Wildman–Crippen LogP) is 2.90. The number of ether oxygens (including phenoxy) is 1. The van der Waals surface area contributed by atoms with E-state index in [0.29, 0.717) is 23.8 Å². The minimum absolute atomic E-state index is 0.0581. The summed E-state index contributed by atoms with van der Waals surface area (Å²) in [7, 11) is 0. The van der Waals surface area contributed by atoms with Gasteiger partial charge in [0.05, 0.1) is 12.7 Å². The Morgan fingerprint density at radius 2 is 2.32 bits per heavy atom.